The standard InChI is InChI=1S/C17H25N3/c1-5-12(4)16(18)17-19-10-15(20-17)14-8-6-13(7-9-14)11(2)3/h6-12,16H,5,18H2,1-4H3,(H,19,20). The van der Waals surface area contributed by atoms with Gasteiger partial charge in [-0.3, -0.25) is 0 Å². The van der Waals surface area contributed by atoms with E-state index in [4.69, 9.17) is 5.73 Å². The zero-order valence-electron chi connectivity index (χ0n) is 12.9. The first-order valence-corrected chi connectivity index (χ1v) is 7.43. The van der Waals surface area contributed by atoms with Crippen LogP contribution in [0.4, 0.5) is 0 Å². The summed E-state index contributed by atoms with van der Waals surface area (Å²) in [5.41, 5.74) is 9.76. The predicted molar refractivity (Wildman–Crippen MR) is 84.5 cm³/mol. The maximum absolute atomic E-state index is 6.21. The van der Waals surface area contributed by atoms with Crippen LogP contribution in [0.5, 0.6) is 0 Å². The molecular weight excluding hydrogens is 246 g/mol. The van der Waals surface area contributed by atoms with Gasteiger partial charge in [-0.05, 0) is 23.0 Å². The highest BCUT2D eigenvalue weighted by Crippen LogP contribution is 2.24. The summed E-state index contributed by atoms with van der Waals surface area (Å²) in [4.78, 5) is 7.80. The topological polar surface area (TPSA) is 54.7 Å². The third kappa shape index (κ3) is 3.10. The zero-order chi connectivity index (χ0) is 14.7. The van der Waals surface area contributed by atoms with Crippen molar-refractivity contribution in [1.29, 1.82) is 0 Å². The number of benzene rings is 1. The molecule has 20 heavy (non-hydrogen) atoms. The first kappa shape index (κ1) is 14.8. The molecule has 0 saturated carbocycles. The van der Waals surface area contributed by atoms with Crippen molar-refractivity contribution in [3.63, 3.8) is 0 Å². The molecule has 0 aliphatic heterocycles. The van der Waals surface area contributed by atoms with E-state index in [0.717, 1.165) is 23.5 Å². The molecule has 2 rings (SSSR count). The molecule has 0 bridgehead atoms. The Balaban J connectivity index is 2.20. The van der Waals surface area contributed by atoms with Crippen molar-refractivity contribution in [2.75, 3.05) is 0 Å². The molecule has 0 radical (unpaired) electrons. The normalized spacial score (nSPS) is 14.5. The monoisotopic (exact) mass is 271 g/mol. The first-order chi connectivity index (χ1) is 9.52. The van der Waals surface area contributed by atoms with Gasteiger partial charge in [0.1, 0.15) is 5.82 Å². The fourth-order valence-corrected chi connectivity index (χ4v) is 2.22. The lowest BCUT2D eigenvalue weighted by molar-refractivity contribution is 0.441. The summed E-state index contributed by atoms with van der Waals surface area (Å²) >= 11 is 0. The van der Waals surface area contributed by atoms with Gasteiger partial charge in [0, 0.05) is 0 Å². The highest BCUT2D eigenvalue weighted by atomic mass is 15.0. The van der Waals surface area contributed by atoms with Gasteiger partial charge in [0.2, 0.25) is 0 Å². The van der Waals surface area contributed by atoms with Crippen molar-refractivity contribution in [3.8, 4) is 11.3 Å². The maximum Gasteiger partial charge on any atom is 0.123 e. The van der Waals surface area contributed by atoms with Gasteiger partial charge in [-0.25, -0.2) is 4.98 Å². The highest BCUT2D eigenvalue weighted by molar-refractivity contribution is 5.59. The Morgan fingerprint density at radius 1 is 1.15 bits per heavy atom. The molecule has 3 heteroatoms. The van der Waals surface area contributed by atoms with Crippen molar-refractivity contribution >= 4 is 0 Å². The summed E-state index contributed by atoms with van der Waals surface area (Å²) in [6.45, 7) is 8.71. The minimum absolute atomic E-state index is 0.0244. The Hall–Kier alpha value is -1.61. The summed E-state index contributed by atoms with van der Waals surface area (Å²) in [6.07, 6.45) is 2.93. The van der Waals surface area contributed by atoms with Gasteiger partial charge in [0.15, 0.2) is 0 Å². The van der Waals surface area contributed by atoms with Gasteiger partial charge in [0.25, 0.3) is 0 Å². The Morgan fingerprint density at radius 3 is 2.35 bits per heavy atom. The van der Waals surface area contributed by atoms with E-state index < -0.39 is 0 Å². The fourth-order valence-electron chi connectivity index (χ4n) is 2.22. The van der Waals surface area contributed by atoms with Gasteiger partial charge in [-0.2, -0.15) is 0 Å². The van der Waals surface area contributed by atoms with E-state index in [0.29, 0.717) is 11.8 Å². The van der Waals surface area contributed by atoms with Gasteiger partial charge in [-0.15, -0.1) is 0 Å². The fraction of sp³-hybridized carbons (Fsp3) is 0.471. The number of nitrogens with zero attached hydrogens (tertiary/aromatic N) is 1. The maximum atomic E-state index is 6.21. The molecule has 1 aromatic carbocycles. The molecule has 0 saturated heterocycles. The molecule has 2 aromatic rings. The van der Waals surface area contributed by atoms with Crippen LogP contribution in [-0.2, 0) is 0 Å². The molecule has 0 aliphatic carbocycles. The van der Waals surface area contributed by atoms with Crippen molar-refractivity contribution in [3.05, 3.63) is 41.9 Å². The van der Waals surface area contributed by atoms with Gasteiger partial charge >= 0.3 is 0 Å². The second kappa shape index (κ2) is 6.23. The molecule has 0 aliphatic rings. The van der Waals surface area contributed by atoms with E-state index in [9.17, 15) is 0 Å². The lowest BCUT2D eigenvalue weighted by Gasteiger charge is -2.15. The van der Waals surface area contributed by atoms with Crippen LogP contribution in [0.3, 0.4) is 0 Å². The van der Waals surface area contributed by atoms with Crippen molar-refractivity contribution < 1.29 is 0 Å². The SMILES string of the molecule is CCC(C)C(N)c1ncc(-c2ccc(C(C)C)cc2)[nH]1. The Labute approximate surface area is 121 Å². The minimum Gasteiger partial charge on any atom is -0.341 e. The summed E-state index contributed by atoms with van der Waals surface area (Å²) in [5.74, 6) is 1.86. The van der Waals surface area contributed by atoms with E-state index in [2.05, 4.69) is 61.9 Å². The Kier molecular flexibility index (Phi) is 4.61. The number of imidazole rings is 1. The summed E-state index contributed by atoms with van der Waals surface area (Å²) in [7, 11) is 0. The molecular formula is C17H25N3. The average Bonchev–Trinajstić information content (AvgIpc) is 2.95. The average molecular weight is 271 g/mol. The van der Waals surface area contributed by atoms with E-state index in [-0.39, 0.29) is 6.04 Å². The summed E-state index contributed by atoms with van der Waals surface area (Å²) < 4.78 is 0. The molecule has 1 heterocycles. The molecule has 3 nitrogen and oxygen atoms in total. The lowest BCUT2D eigenvalue weighted by atomic mass is 10.00. The largest absolute Gasteiger partial charge is 0.341 e. The van der Waals surface area contributed by atoms with Crippen molar-refractivity contribution in [1.82, 2.24) is 9.97 Å². The smallest absolute Gasteiger partial charge is 0.123 e. The number of H-pyrrole nitrogens is 1. The summed E-state index contributed by atoms with van der Waals surface area (Å²) in [6, 6.07) is 8.61. The van der Waals surface area contributed by atoms with Crippen LogP contribution >= 0.6 is 0 Å². The third-order valence-electron chi connectivity index (χ3n) is 4.06. The molecule has 1 aromatic heterocycles. The van der Waals surface area contributed by atoms with Crippen LogP contribution in [0, 0.1) is 5.92 Å². The second-order valence-electron chi connectivity index (χ2n) is 5.87. The van der Waals surface area contributed by atoms with Crippen LogP contribution in [0.25, 0.3) is 11.3 Å². The number of nitrogens with two attached hydrogens (primary N) is 1. The van der Waals surface area contributed by atoms with Crippen LogP contribution < -0.4 is 5.73 Å². The lowest BCUT2D eigenvalue weighted by Crippen LogP contribution is -2.19. The van der Waals surface area contributed by atoms with E-state index >= 15 is 0 Å². The van der Waals surface area contributed by atoms with E-state index in [1.165, 1.54) is 5.56 Å². The minimum atomic E-state index is -0.0244. The molecule has 2 unspecified atom stereocenters. The summed E-state index contributed by atoms with van der Waals surface area (Å²) in [5, 5.41) is 0. The first-order valence-electron chi connectivity index (χ1n) is 7.43. The van der Waals surface area contributed by atoms with E-state index in [1.807, 2.05) is 6.20 Å². The number of nitrogens with one attached hydrogen (secondary N) is 1. The van der Waals surface area contributed by atoms with Gasteiger partial charge < -0.3 is 10.7 Å². The number of rotatable bonds is 5. The van der Waals surface area contributed by atoms with Crippen LogP contribution in [-0.4, -0.2) is 9.97 Å². The number of hydrogen-bond donors (Lipinski definition) is 2. The Morgan fingerprint density at radius 2 is 1.80 bits per heavy atom. The van der Waals surface area contributed by atoms with E-state index in [1.54, 1.807) is 0 Å². The van der Waals surface area contributed by atoms with Crippen LogP contribution in [0.1, 0.15) is 57.5 Å². The number of aromatic nitrogens is 2. The zero-order valence-corrected chi connectivity index (χ0v) is 12.9. The molecule has 108 valence electrons. The predicted octanol–water partition coefficient (Wildman–Crippen LogP) is 4.25. The van der Waals surface area contributed by atoms with Crippen molar-refractivity contribution in [2.24, 2.45) is 11.7 Å². The van der Waals surface area contributed by atoms with Crippen LogP contribution in [0.2, 0.25) is 0 Å². The molecule has 0 spiro atoms. The molecule has 2 atom stereocenters. The molecule has 0 fully saturated rings. The quantitative estimate of drug-likeness (QED) is 0.854. The highest BCUT2D eigenvalue weighted by Gasteiger charge is 2.16. The second-order valence-corrected chi connectivity index (χ2v) is 5.87. The van der Waals surface area contributed by atoms with Gasteiger partial charge in [0.05, 0.1) is 17.9 Å². The number of hydrogen-bond acceptors (Lipinski definition) is 2. The van der Waals surface area contributed by atoms with Gasteiger partial charge in [-0.1, -0.05) is 58.4 Å². The molecule has 0 amide bonds. The third-order valence-corrected chi connectivity index (χ3v) is 4.06. The van der Waals surface area contributed by atoms with Crippen molar-refractivity contribution in [2.45, 2.75) is 46.1 Å². The number of aromatic amines is 1. The van der Waals surface area contributed by atoms with Crippen LogP contribution in [0.15, 0.2) is 30.5 Å². The molecule has 3 N–H and O–H groups in total. The Bertz CT molecular complexity index is 540.